The van der Waals surface area contributed by atoms with E-state index in [1.807, 2.05) is 68.5 Å². The third kappa shape index (κ3) is 13.7. The molecule has 5 nitrogen and oxygen atoms in total. The van der Waals surface area contributed by atoms with Crippen molar-refractivity contribution in [3.8, 4) is 23.0 Å². The number of benzene rings is 2. The molecule has 0 amide bonds. The summed E-state index contributed by atoms with van der Waals surface area (Å²) in [4.78, 5) is 4.04. The summed E-state index contributed by atoms with van der Waals surface area (Å²) in [5, 5.41) is 19.4. The van der Waals surface area contributed by atoms with Crippen LogP contribution in [0.5, 0.6) is 23.0 Å². The van der Waals surface area contributed by atoms with E-state index in [2.05, 4.69) is 46.5 Å². The Hall–Kier alpha value is -2.05. The van der Waals surface area contributed by atoms with Crippen molar-refractivity contribution in [1.29, 1.82) is 0 Å². The van der Waals surface area contributed by atoms with E-state index in [1.165, 1.54) is 0 Å². The SMILES string of the molecule is CCOc1ccc(O)c(C(C)(C)C)c1.CCOc1ccc(O)c(C(C)(C)C)c1.[Cl-].[Cl-].[Ti]=[CH]c1ccccn1. The maximum absolute atomic E-state index is 9.68. The molecule has 1 aromatic heterocycles. The van der Waals surface area contributed by atoms with E-state index in [0.717, 1.165) is 28.3 Å². The Kier molecular flexibility index (Phi) is 18.3. The molecule has 0 aliphatic heterocycles. The van der Waals surface area contributed by atoms with Gasteiger partial charge >= 0.3 is 59.4 Å². The Bertz CT molecular complexity index is 1020. The van der Waals surface area contributed by atoms with Crippen LogP contribution in [0.15, 0.2) is 60.8 Å². The van der Waals surface area contributed by atoms with Crippen molar-refractivity contribution in [1.82, 2.24) is 4.98 Å². The number of aromatic hydroxyl groups is 2. The van der Waals surface area contributed by atoms with Gasteiger partial charge in [-0.1, -0.05) is 41.5 Å². The second-order valence-corrected chi connectivity index (χ2v) is 10.6. The number of rotatable bonds is 5. The van der Waals surface area contributed by atoms with Gasteiger partial charge in [0.1, 0.15) is 23.0 Å². The van der Waals surface area contributed by atoms with Crippen LogP contribution in [0.25, 0.3) is 0 Å². The van der Waals surface area contributed by atoms with Crippen LogP contribution in [-0.2, 0) is 30.8 Å². The van der Waals surface area contributed by atoms with Crippen LogP contribution in [0.2, 0.25) is 0 Å². The maximum atomic E-state index is 9.68. The molecule has 38 heavy (non-hydrogen) atoms. The van der Waals surface area contributed by atoms with Crippen molar-refractivity contribution < 1.29 is 64.5 Å². The summed E-state index contributed by atoms with van der Waals surface area (Å²) < 4.78 is 12.7. The molecule has 0 radical (unpaired) electrons. The minimum atomic E-state index is -0.0583. The van der Waals surface area contributed by atoms with Gasteiger partial charge in [0, 0.05) is 11.1 Å². The van der Waals surface area contributed by atoms with Gasteiger partial charge in [-0.15, -0.1) is 0 Å². The Balaban J connectivity index is 0. The zero-order chi connectivity index (χ0) is 27.4. The number of hydrogen-bond donors (Lipinski definition) is 2. The van der Waals surface area contributed by atoms with Crippen LogP contribution in [0.1, 0.15) is 72.2 Å². The molecule has 3 rings (SSSR count). The van der Waals surface area contributed by atoms with Crippen LogP contribution >= 0.6 is 0 Å². The van der Waals surface area contributed by atoms with E-state index in [-0.39, 0.29) is 35.6 Å². The van der Waals surface area contributed by atoms with Crippen LogP contribution in [-0.4, -0.2) is 32.7 Å². The van der Waals surface area contributed by atoms with Gasteiger partial charge in [-0.2, -0.15) is 0 Å². The average molecular weight is 598 g/mol. The Morgan fingerprint density at radius 1 is 0.737 bits per heavy atom. The Labute approximate surface area is 252 Å². The molecule has 210 valence electrons. The second-order valence-electron chi connectivity index (χ2n) is 10.1. The quantitative estimate of drug-likeness (QED) is 0.429. The number of nitrogens with zero attached hydrogens (tertiary/aromatic N) is 1. The molecule has 0 fully saturated rings. The summed E-state index contributed by atoms with van der Waals surface area (Å²) in [6.07, 6.45) is 1.79. The zero-order valence-corrected chi connectivity index (χ0v) is 26.8. The molecule has 0 atom stereocenters. The van der Waals surface area contributed by atoms with Gasteiger partial charge in [-0.05, 0) is 61.1 Å². The van der Waals surface area contributed by atoms with Crippen LogP contribution in [0.3, 0.4) is 0 Å². The monoisotopic (exact) mass is 597 g/mol. The minimum absolute atomic E-state index is 0. The van der Waals surface area contributed by atoms with Crippen LogP contribution in [0, 0.1) is 0 Å². The number of phenolic OH excluding ortho intramolecular Hbond substituents is 2. The zero-order valence-electron chi connectivity index (χ0n) is 23.7. The van der Waals surface area contributed by atoms with Crippen LogP contribution in [0.4, 0.5) is 0 Å². The van der Waals surface area contributed by atoms with Crippen LogP contribution < -0.4 is 34.3 Å². The van der Waals surface area contributed by atoms with E-state index in [4.69, 9.17) is 9.47 Å². The number of ether oxygens (including phenoxy) is 2. The summed E-state index contributed by atoms with van der Waals surface area (Å²) in [6.45, 7) is 17.6. The van der Waals surface area contributed by atoms with E-state index in [1.54, 1.807) is 30.5 Å². The molecule has 0 saturated carbocycles. The van der Waals surface area contributed by atoms with Crippen molar-refractivity contribution in [3.05, 3.63) is 77.6 Å². The average Bonchev–Trinajstić information content (AvgIpc) is 2.82. The third-order valence-electron chi connectivity index (χ3n) is 5.01. The molecule has 0 aliphatic rings. The molecular formula is C30H41Cl2NO4Ti-2. The van der Waals surface area contributed by atoms with Gasteiger partial charge in [-0.25, -0.2) is 0 Å². The predicted octanol–water partition coefficient (Wildman–Crippen LogP) is 0.964. The Morgan fingerprint density at radius 3 is 1.42 bits per heavy atom. The summed E-state index contributed by atoms with van der Waals surface area (Å²) in [6, 6.07) is 16.6. The van der Waals surface area contributed by atoms with Gasteiger partial charge in [0.25, 0.3) is 0 Å². The molecule has 1 heterocycles. The molecule has 0 unspecified atom stereocenters. The van der Waals surface area contributed by atoms with Crippen molar-refractivity contribution >= 4 is 4.31 Å². The van der Waals surface area contributed by atoms with Gasteiger partial charge in [0.2, 0.25) is 0 Å². The number of pyridine rings is 1. The summed E-state index contributed by atoms with van der Waals surface area (Å²) in [5.41, 5.74) is 2.76. The number of hydrogen-bond acceptors (Lipinski definition) is 5. The van der Waals surface area contributed by atoms with E-state index >= 15 is 0 Å². The van der Waals surface area contributed by atoms with Gasteiger partial charge in [0.05, 0.1) is 13.2 Å². The molecule has 0 spiro atoms. The first kappa shape index (κ1) is 38.1. The van der Waals surface area contributed by atoms with E-state index in [9.17, 15) is 10.2 Å². The fourth-order valence-corrected chi connectivity index (χ4v) is 3.47. The molecular weight excluding hydrogens is 557 g/mol. The fourth-order valence-electron chi connectivity index (χ4n) is 3.21. The number of aromatic nitrogens is 1. The fraction of sp³-hybridized carbons (Fsp3) is 0.400. The van der Waals surface area contributed by atoms with E-state index in [0.29, 0.717) is 24.7 Å². The second kappa shape index (κ2) is 18.3. The first-order valence-corrected chi connectivity index (χ1v) is 13.1. The summed E-state index contributed by atoms with van der Waals surface area (Å²) in [5.74, 6) is 2.30. The first-order valence-electron chi connectivity index (χ1n) is 12.2. The molecule has 2 N–H and O–H groups in total. The standard InChI is InChI=1S/2C12H18O2.C6H5N.2ClH.Ti/c2*1-5-14-9-6-7-11(13)10(8-9)12(2,3)4;1-6-4-2-3-5-7-6;;;/h2*6-8,13H,5H2,1-4H3;1-5H;2*1H;/p-2. The Morgan fingerprint density at radius 2 is 1.16 bits per heavy atom. The molecule has 2 aromatic carbocycles. The van der Waals surface area contributed by atoms with Gasteiger partial charge in [0.15, 0.2) is 0 Å². The summed E-state index contributed by atoms with van der Waals surface area (Å²) >= 11 is 1.97. The molecule has 8 heteroatoms. The third-order valence-corrected chi connectivity index (χ3v) is 5.47. The first-order chi connectivity index (χ1) is 16.8. The van der Waals surface area contributed by atoms with Gasteiger partial charge in [-0.3, -0.25) is 0 Å². The van der Waals surface area contributed by atoms with Crippen molar-refractivity contribution in [2.45, 2.75) is 66.2 Å². The number of halogens is 2. The molecule has 3 aromatic rings. The van der Waals surface area contributed by atoms with Crippen molar-refractivity contribution in [2.24, 2.45) is 0 Å². The topological polar surface area (TPSA) is 71.8 Å². The normalized spacial score (nSPS) is 10.2. The number of phenols is 2. The van der Waals surface area contributed by atoms with Gasteiger partial charge < -0.3 is 44.5 Å². The molecule has 0 bridgehead atoms. The summed E-state index contributed by atoms with van der Waals surface area (Å²) in [7, 11) is 0. The van der Waals surface area contributed by atoms with Crippen molar-refractivity contribution in [2.75, 3.05) is 13.2 Å². The molecule has 0 saturated heterocycles. The van der Waals surface area contributed by atoms with E-state index < -0.39 is 0 Å². The molecule has 0 aliphatic carbocycles. The van der Waals surface area contributed by atoms with Crippen molar-refractivity contribution in [3.63, 3.8) is 0 Å². The predicted molar refractivity (Wildman–Crippen MR) is 145 cm³/mol.